The minimum Gasteiger partial charge on any atom is -0.477 e. The summed E-state index contributed by atoms with van der Waals surface area (Å²) in [6, 6.07) is 8.86. The van der Waals surface area contributed by atoms with Crippen LogP contribution in [0, 0.1) is 5.82 Å². The normalized spacial score (nSPS) is 18.8. The van der Waals surface area contributed by atoms with E-state index >= 15 is 8.78 Å². The van der Waals surface area contributed by atoms with Gasteiger partial charge < -0.3 is 29.1 Å². The zero-order chi connectivity index (χ0) is 30.4. The molecule has 2 aliphatic heterocycles. The Labute approximate surface area is 250 Å². The number of carboxylic acids is 1. The number of nitrogens with zero attached hydrogens (tertiary/aromatic N) is 6. The minimum absolute atomic E-state index is 0.0597. The highest BCUT2D eigenvalue weighted by Gasteiger charge is 2.37. The standard InChI is InChI=1S/C30H29ClF2N6O4/c1-36(2)18-13-37(14-18)27-6-5-17(12-35-27)39-15-20(30(41)42)28(40)19-10-23(33)25(11-24(19)39)38-9-7-22(32)26(38)16-43-29-21(31)4-3-8-34-29/h3-6,8,10-12,15,18,22,26H,7,9,13-14,16H2,1-2H3,(H,41,42)/t22-,26+/m1/s1. The average molecular weight is 611 g/mol. The second-order valence-corrected chi connectivity index (χ2v) is 11.3. The lowest BCUT2D eigenvalue weighted by Gasteiger charge is -2.43. The van der Waals surface area contributed by atoms with Gasteiger partial charge in [-0.3, -0.25) is 4.79 Å². The van der Waals surface area contributed by atoms with Gasteiger partial charge in [0, 0.05) is 43.5 Å². The smallest absolute Gasteiger partial charge is 0.341 e. The first-order valence-electron chi connectivity index (χ1n) is 13.8. The molecule has 2 atom stereocenters. The first kappa shape index (κ1) is 28.8. The van der Waals surface area contributed by atoms with Crippen LogP contribution in [0.15, 0.2) is 59.8 Å². The van der Waals surface area contributed by atoms with Gasteiger partial charge in [0.05, 0.1) is 29.1 Å². The summed E-state index contributed by atoms with van der Waals surface area (Å²) in [6.07, 6.45) is 3.11. The third-order valence-electron chi connectivity index (χ3n) is 8.12. The largest absolute Gasteiger partial charge is 0.477 e. The Bertz CT molecular complexity index is 1750. The van der Waals surface area contributed by atoms with E-state index in [1.165, 1.54) is 23.0 Å². The van der Waals surface area contributed by atoms with Crippen molar-refractivity contribution in [3.8, 4) is 11.6 Å². The monoisotopic (exact) mass is 610 g/mol. The molecule has 224 valence electrons. The molecule has 4 aromatic rings. The summed E-state index contributed by atoms with van der Waals surface area (Å²) >= 11 is 6.13. The Morgan fingerprint density at radius 2 is 2.00 bits per heavy atom. The Morgan fingerprint density at radius 3 is 2.67 bits per heavy atom. The van der Waals surface area contributed by atoms with Gasteiger partial charge in [-0.15, -0.1) is 0 Å². The number of rotatable bonds is 8. The predicted molar refractivity (Wildman–Crippen MR) is 159 cm³/mol. The third-order valence-corrected chi connectivity index (χ3v) is 8.41. The summed E-state index contributed by atoms with van der Waals surface area (Å²) < 4.78 is 38.0. The number of carboxylic acid groups (broad SMARTS) is 1. The molecule has 0 unspecified atom stereocenters. The van der Waals surface area contributed by atoms with Crippen LogP contribution in [0.5, 0.6) is 5.88 Å². The predicted octanol–water partition coefficient (Wildman–Crippen LogP) is 4.02. The van der Waals surface area contributed by atoms with Crippen LogP contribution in [0.25, 0.3) is 16.6 Å². The molecule has 5 heterocycles. The summed E-state index contributed by atoms with van der Waals surface area (Å²) in [5.74, 6) is -1.31. The van der Waals surface area contributed by atoms with E-state index in [2.05, 4.69) is 19.8 Å². The molecule has 1 N–H and O–H groups in total. The van der Waals surface area contributed by atoms with Crippen LogP contribution in [0.2, 0.25) is 5.02 Å². The van der Waals surface area contributed by atoms with Crippen molar-refractivity contribution in [2.45, 2.75) is 24.7 Å². The van der Waals surface area contributed by atoms with Crippen molar-refractivity contribution >= 4 is 40.0 Å². The van der Waals surface area contributed by atoms with Crippen molar-refractivity contribution in [1.29, 1.82) is 0 Å². The molecule has 6 rings (SSSR count). The number of aromatic carboxylic acids is 1. The molecular formula is C30H29ClF2N6O4. The molecule has 0 bridgehead atoms. The summed E-state index contributed by atoms with van der Waals surface area (Å²) in [6.45, 7) is 1.71. The summed E-state index contributed by atoms with van der Waals surface area (Å²) in [5.41, 5.74) is -0.535. The SMILES string of the molecule is CN(C)C1CN(c2ccc(-n3cc(C(=O)O)c(=O)c4cc(F)c(N5CC[C@@H](F)[C@@H]5COc5ncccc5Cl)cc43)cn2)C1. The number of likely N-dealkylation sites (N-methyl/N-ethyl adjacent to an activating group) is 1. The molecule has 0 spiro atoms. The fraction of sp³-hybridized carbons (Fsp3) is 0.333. The number of alkyl halides is 1. The topological polar surface area (TPSA) is 104 Å². The van der Waals surface area contributed by atoms with Crippen LogP contribution >= 0.6 is 11.6 Å². The number of anilines is 2. The number of ether oxygens (including phenoxy) is 1. The quantitative estimate of drug-likeness (QED) is 0.317. The number of hydrogen-bond acceptors (Lipinski definition) is 8. The second-order valence-electron chi connectivity index (χ2n) is 10.9. The fourth-order valence-corrected chi connectivity index (χ4v) is 5.72. The van der Waals surface area contributed by atoms with Crippen LogP contribution in [0.3, 0.4) is 0 Å². The lowest BCUT2D eigenvalue weighted by atomic mass is 10.1. The molecule has 0 aliphatic carbocycles. The number of fused-ring (bicyclic) bond motifs is 1. The summed E-state index contributed by atoms with van der Waals surface area (Å²) in [4.78, 5) is 39.6. The molecular weight excluding hydrogens is 582 g/mol. The van der Waals surface area contributed by atoms with Crippen molar-refractivity contribution in [3.63, 3.8) is 0 Å². The number of carbonyl (C=O) groups is 1. The van der Waals surface area contributed by atoms with Gasteiger partial charge >= 0.3 is 5.97 Å². The van der Waals surface area contributed by atoms with Gasteiger partial charge in [0.2, 0.25) is 11.3 Å². The van der Waals surface area contributed by atoms with Gasteiger partial charge in [0.25, 0.3) is 0 Å². The Morgan fingerprint density at radius 1 is 1.21 bits per heavy atom. The van der Waals surface area contributed by atoms with Crippen molar-refractivity contribution in [3.05, 3.63) is 81.6 Å². The van der Waals surface area contributed by atoms with Crippen molar-refractivity contribution in [2.24, 2.45) is 0 Å². The van der Waals surface area contributed by atoms with Crippen molar-refractivity contribution < 1.29 is 23.4 Å². The lowest BCUT2D eigenvalue weighted by molar-refractivity contribution is 0.0695. The van der Waals surface area contributed by atoms with Gasteiger partial charge in [-0.05, 0) is 56.9 Å². The van der Waals surface area contributed by atoms with Crippen LogP contribution in [0.4, 0.5) is 20.3 Å². The van der Waals surface area contributed by atoms with E-state index < -0.39 is 35.0 Å². The van der Waals surface area contributed by atoms with Crippen LogP contribution in [-0.4, -0.2) is 89.1 Å². The molecule has 10 nitrogen and oxygen atoms in total. The highest BCUT2D eigenvalue weighted by Crippen LogP contribution is 2.34. The van der Waals surface area contributed by atoms with Gasteiger partial charge in [-0.1, -0.05) is 11.6 Å². The van der Waals surface area contributed by atoms with E-state index in [-0.39, 0.29) is 47.1 Å². The molecule has 0 saturated carbocycles. The molecule has 2 fully saturated rings. The second kappa shape index (κ2) is 11.4. The van der Waals surface area contributed by atoms with E-state index in [0.29, 0.717) is 11.7 Å². The molecule has 43 heavy (non-hydrogen) atoms. The van der Waals surface area contributed by atoms with E-state index in [1.54, 1.807) is 29.3 Å². The lowest BCUT2D eigenvalue weighted by Crippen LogP contribution is -2.57. The number of pyridine rings is 3. The molecule has 2 aliphatic rings. The maximum Gasteiger partial charge on any atom is 0.341 e. The summed E-state index contributed by atoms with van der Waals surface area (Å²) in [7, 11) is 4.05. The van der Waals surface area contributed by atoms with Crippen LogP contribution < -0.4 is 20.0 Å². The van der Waals surface area contributed by atoms with Gasteiger partial charge in [-0.2, -0.15) is 0 Å². The number of benzene rings is 1. The van der Waals surface area contributed by atoms with E-state index in [4.69, 9.17) is 16.3 Å². The molecule has 0 radical (unpaired) electrons. The van der Waals surface area contributed by atoms with Gasteiger partial charge in [0.1, 0.15) is 35.0 Å². The Hall–Kier alpha value is -4.29. The molecule has 13 heteroatoms. The number of halogens is 3. The maximum absolute atomic E-state index is 15.7. The number of aromatic nitrogens is 3. The van der Waals surface area contributed by atoms with E-state index in [9.17, 15) is 14.7 Å². The van der Waals surface area contributed by atoms with E-state index in [0.717, 1.165) is 25.0 Å². The van der Waals surface area contributed by atoms with Gasteiger partial charge in [0.15, 0.2) is 0 Å². The fourth-order valence-electron chi connectivity index (χ4n) is 5.55. The summed E-state index contributed by atoms with van der Waals surface area (Å²) in [5, 5.41) is 9.89. The molecule has 2 saturated heterocycles. The van der Waals surface area contributed by atoms with E-state index in [1.807, 2.05) is 20.2 Å². The first-order valence-corrected chi connectivity index (χ1v) is 14.1. The molecule has 0 amide bonds. The minimum atomic E-state index is -1.43. The number of hydrogen-bond donors (Lipinski definition) is 1. The molecule has 1 aromatic carbocycles. The van der Waals surface area contributed by atoms with Crippen LogP contribution in [-0.2, 0) is 0 Å². The zero-order valence-electron chi connectivity index (χ0n) is 23.5. The van der Waals surface area contributed by atoms with Crippen molar-refractivity contribution in [1.82, 2.24) is 19.4 Å². The van der Waals surface area contributed by atoms with Gasteiger partial charge in [-0.25, -0.2) is 23.5 Å². The third kappa shape index (κ3) is 5.36. The zero-order valence-corrected chi connectivity index (χ0v) is 24.2. The average Bonchev–Trinajstić information content (AvgIpc) is 3.31. The Balaban J connectivity index is 1.38. The molecule has 3 aromatic heterocycles. The van der Waals surface area contributed by atoms with Crippen molar-refractivity contribution in [2.75, 3.05) is 50.1 Å². The maximum atomic E-state index is 15.7. The highest BCUT2D eigenvalue weighted by molar-refractivity contribution is 6.31. The Kier molecular flexibility index (Phi) is 7.65. The first-order chi connectivity index (χ1) is 20.6. The highest BCUT2D eigenvalue weighted by atomic mass is 35.5. The van der Waals surface area contributed by atoms with Crippen LogP contribution in [0.1, 0.15) is 16.8 Å².